The molecule has 5 nitrogen and oxygen atoms in total. The number of aliphatic carboxylic acids is 1. The van der Waals surface area contributed by atoms with Crippen LogP contribution in [-0.4, -0.2) is 41.8 Å². The van der Waals surface area contributed by atoms with Gasteiger partial charge in [-0.05, 0) is 49.6 Å². The molecule has 0 bridgehead atoms. The number of ether oxygens (including phenoxy) is 1. The molecule has 0 amide bonds. The zero-order valence-electron chi connectivity index (χ0n) is 16.0. The molecular weight excluding hydrogens is 376 g/mol. The van der Waals surface area contributed by atoms with Gasteiger partial charge in [0.05, 0.1) is 18.6 Å². The van der Waals surface area contributed by atoms with Gasteiger partial charge in [-0.15, -0.1) is 0 Å². The lowest BCUT2D eigenvalue weighted by atomic mass is 9.79. The molecule has 2 aromatic carbocycles. The van der Waals surface area contributed by atoms with Crippen molar-refractivity contribution in [1.82, 2.24) is 0 Å². The van der Waals surface area contributed by atoms with Gasteiger partial charge in [0.2, 0.25) is 0 Å². The second-order valence-electron chi connectivity index (χ2n) is 7.25. The van der Waals surface area contributed by atoms with E-state index in [4.69, 9.17) is 9.84 Å². The molecule has 1 aliphatic rings. The Hall–Kier alpha value is -2.15. The molecule has 0 aromatic heterocycles. The number of rotatable bonds is 7. The summed E-state index contributed by atoms with van der Waals surface area (Å²) in [5.74, 6) is -0.967. The second-order valence-corrected chi connectivity index (χ2v) is 8.33. The highest BCUT2D eigenvalue weighted by molar-refractivity contribution is 7.99. The number of aliphatic hydroxyl groups is 1. The van der Waals surface area contributed by atoms with E-state index in [1.54, 1.807) is 30.8 Å². The van der Waals surface area contributed by atoms with Crippen LogP contribution in [0.5, 0.6) is 0 Å². The maximum absolute atomic E-state index is 12.9. The quantitative estimate of drug-likeness (QED) is 0.691. The van der Waals surface area contributed by atoms with E-state index in [-0.39, 0.29) is 32.0 Å². The number of carbonyl (C=O) groups is 2. The van der Waals surface area contributed by atoms with Crippen LogP contribution in [0.2, 0.25) is 0 Å². The lowest BCUT2D eigenvalue weighted by molar-refractivity contribution is -0.144. The van der Waals surface area contributed by atoms with E-state index >= 15 is 0 Å². The Balaban J connectivity index is 1.94. The van der Waals surface area contributed by atoms with E-state index in [1.165, 1.54) is 0 Å². The van der Waals surface area contributed by atoms with E-state index in [9.17, 15) is 14.7 Å². The van der Waals surface area contributed by atoms with Crippen LogP contribution in [0.1, 0.15) is 40.4 Å². The van der Waals surface area contributed by atoms with Crippen molar-refractivity contribution in [1.29, 1.82) is 0 Å². The van der Waals surface area contributed by atoms with E-state index in [2.05, 4.69) is 0 Å². The fourth-order valence-electron chi connectivity index (χ4n) is 3.33. The summed E-state index contributed by atoms with van der Waals surface area (Å²) >= 11 is 1.55. The first kappa shape index (κ1) is 20.6. The zero-order chi connectivity index (χ0) is 20.3. The van der Waals surface area contributed by atoms with Gasteiger partial charge in [0, 0.05) is 28.4 Å². The standard InChI is InChI=1S/C22H24O5S/c1-14-3-5-19-15(11-14)12-18(24)17-13-16(4-6-20(17)28-19)22(2,21(25)26)7-9-27-10-8-23/h3-6,11,13,23H,7-10,12H2,1-2H3,(H,25,26). The molecule has 1 unspecified atom stereocenters. The third-order valence-corrected chi connectivity index (χ3v) is 6.35. The van der Waals surface area contributed by atoms with Gasteiger partial charge in [0.25, 0.3) is 0 Å². The van der Waals surface area contributed by atoms with Crippen LogP contribution in [0.3, 0.4) is 0 Å². The minimum atomic E-state index is -1.18. The van der Waals surface area contributed by atoms with Crippen molar-refractivity contribution in [2.24, 2.45) is 0 Å². The number of carboxylic acid groups (broad SMARTS) is 1. The van der Waals surface area contributed by atoms with Crippen LogP contribution >= 0.6 is 11.8 Å². The van der Waals surface area contributed by atoms with Crippen LogP contribution in [0.15, 0.2) is 46.2 Å². The summed E-state index contributed by atoms with van der Waals surface area (Å²) in [7, 11) is 0. The molecular formula is C22H24O5S. The molecule has 6 heteroatoms. The number of carboxylic acids is 1. The van der Waals surface area contributed by atoms with Crippen molar-refractivity contribution in [2.45, 2.75) is 41.9 Å². The topological polar surface area (TPSA) is 83.8 Å². The van der Waals surface area contributed by atoms with Crippen molar-refractivity contribution in [2.75, 3.05) is 19.8 Å². The first-order valence-electron chi connectivity index (χ1n) is 9.22. The Morgan fingerprint density at radius 1 is 1.18 bits per heavy atom. The Morgan fingerprint density at radius 2 is 1.93 bits per heavy atom. The van der Waals surface area contributed by atoms with Gasteiger partial charge in [-0.2, -0.15) is 0 Å². The maximum atomic E-state index is 12.9. The average Bonchev–Trinajstić information content (AvgIpc) is 2.80. The third-order valence-electron chi connectivity index (χ3n) is 5.16. The van der Waals surface area contributed by atoms with Gasteiger partial charge in [-0.1, -0.05) is 35.5 Å². The van der Waals surface area contributed by atoms with Crippen LogP contribution in [0, 0.1) is 6.92 Å². The summed E-state index contributed by atoms with van der Waals surface area (Å²) in [5, 5.41) is 18.7. The number of aryl methyl sites for hydroxylation is 1. The molecule has 0 aliphatic carbocycles. The van der Waals surface area contributed by atoms with Gasteiger partial charge in [-0.3, -0.25) is 9.59 Å². The molecule has 28 heavy (non-hydrogen) atoms. The Labute approximate surface area is 168 Å². The molecule has 2 aromatic rings. The fraction of sp³-hybridized carbons (Fsp3) is 0.364. The monoisotopic (exact) mass is 400 g/mol. The van der Waals surface area contributed by atoms with Crippen molar-refractivity contribution < 1.29 is 24.5 Å². The van der Waals surface area contributed by atoms with E-state index in [0.29, 0.717) is 17.5 Å². The van der Waals surface area contributed by atoms with Crippen molar-refractivity contribution in [3.8, 4) is 0 Å². The largest absolute Gasteiger partial charge is 0.481 e. The van der Waals surface area contributed by atoms with Gasteiger partial charge in [-0.25, -0.2) is 0 Å². The van der Waals surface area contributed by atoms with Gasteiger partial charge < -0.3 is 14.9 Å². The summed E-state index contributed by atoms with van der Waals surface area (Å²) in [4.78, 5) is 26.8. The molecule has 1 atom stereocenters. The van der Waals surface area contributed by atoms with Crippen LogP contribution in [0.25, 0.3) is 0 Å². The molecule has 3 rings (SSSR count). The average molecular weight is 400 g/mol. The summed E-state index contributed by atoms with van der Waals surface area (Å²) in [6, 6.07) is 11.5. The number of aliphatic hydroxyl groups excluding tert-OH is 1. The molecule has 0 spiro atoms. The molecule has 0 radical (unpaired) electrons. The van der Waals surface area contributed by atoms with Crippen LogP contribution in [-0.2, 0) is 21.4 Å². The minimum Gasteiger partial charge on any atom is -0.481 e. The molecule has 2 N–H and O–H groups in total. The molecule has 1 aliphatic heterocycles. The highest BCUT2D eigenvalue weighted by Crippen LogP contribution is 2.39. The number of carbonyl (C=O) groups excluding carboxylic acids is 1. The van der Waals surface area contributed by atoms with Crippen molar-refractivity contribution in [3.63, 3.8) is 0 Å². The SMILES string of the molecule is Cc1ccc2c(c1)CC(=O)c1cc(C(C)(CCOCCO)C(=O)O)ccc1S2. The van der Waals surface area contributed by atoms with Crippen LogP contribution in [0.4, 0.5) is 0 Å². The molecule has 0 saturated heterocycles. The first-order valence-corrected chi connectivity index (χ1v) is 10.0. The summed E-state index contributed by atoms with van der Waals surface area (Å²) in [5.41, 5.74) is 2.10. The van der Waals surface area contributed by atoms with Gasteiger partial charge in [0.15, 0.2) is 5.78 Å². The molecule has 0 fully saturated rings. The number of benzene rings is 2. The number of fused-ring (bicyclic) bond motifs is 2. The van der Waals surface area contributed by atoms with Crippen molar-refractivity contribution in [3.05, 3.63) is 58.7 Å². The maximum Gasteiger partial charge on any atom is 0.313 e. The Bertz CT molecular complexity index is 908. The van der Waals surface area contributed by atoms with E-state index in [1.807, 2.05) is 31.2 Å². The van der Waals surface area contributed by atoms with Crippen molar-refractivity contribution >= 4 is 23.5 Å². The third kappa shape index (κ3) is 4.14. The highest BCUT2D eigenvalue weighted by Gasteiger charge is 2.36. The second kappa shape index (κ2) is 8.47. The number of hydrogen-bond donors (Lipinski definition) is 2. The van der Waals surface area contributed by atoms with E-state index < -0.39 is 11.4 Å². The molecule has 0 saturated carbocycles. The van der Waals surface area contributed by atoms with Gasteiger partial charge in [0.1, 0.15) is 0 Å². The minimum absolute atomic E-state index is 0.00188. The number of hydrogen-bond acceptors (Lipinski definition) is 5. The lowest BCUT2D eigenvalue weighted by Gasteiger charge is -2.26. The smallest absolute Gasteiger partial charge is 0.313 e. The Kier molecular flexibility index (Phi) is 6.23. The number of ketones is 1. The fourth-order valence-corrected chi connectivity index (χ4v) is 4.38. The number of Topliss-reactive ketones (excluding diaryl/α,β-unsaturated/α-hetero) is 1. The first-order chi connectivity index (χ1) is 13.3. The molecule has 148 valence electrons. The predicted octanol–water partition coefficient (Wildman–Crippen LogP) is 3.63. The highest BCUT2D eigenvalue weighted by atomic mass is 32.2. The summed E-state index contributed by atoms with van der Waals surface area (Å²) in [6.07, 6.45) is 0.561. The normalized spacial score (nSPS) is 15.3. The van der Waals surface area contributed by atoms with Gasteiger partial charge >= 0.3 is 5.97 Å². The molecule has 1 heterocycles. The Morgan fingerprint density at radius 3 is 2.64 bits per heavy atom. The predicted molar refractivity (Wildman–Crippen MR) is 107 cm³/mol. The summed E-state index contributed by atoms with van der Waals surface area (Å²) < 4.78 is 5.27. The van der Waals surface area contributed by atoms with E-state index in [0.717, 1.165) is 20.9 Å². The van der Waals surface area contributed by atoms with Crippen LogP contribution < -0.4 is 0 Å². The lowest BCUT2D eigenvalue weighted by Crippen LogP contribution is -2.34. The summed E-state index contributed by atoms with van der Waals surface area (Å²) in [6.45, 7) is 3.93. The zero-order valence-corrected chi connectivity index (χ0v) is 16.8.